The van der Waals surface area contributed by atoms with Gasteiger partial charge in [0, 0.05) is 20.0 Å². The van der Waals surface area contributed by atoms with Crippen LogP contribution in [0.15, 0.2) is 53.4 Å². The Bertz CT molecular complexity index is 834. The number of carbonyl (C=O) groups is 1. The van der Waals surface area contributed by atoms with E-state index in [1.54, 1.807) is 62.6 Å². The Hall–Kier alpha value is -2.05. The van der Waals surface area contributed by atoms with E-state index < -0.39 is 10.0 Å². The number of hydrogen-bond donors (Lipinski definition) is 1. The van der Waals surface area contributed by atoms with Gasteiger partial charge in [0.05, 0.1) is 16.1 Å². The van der Waals surface area contributed by atoms with Gasteiger partial charge in [-0.2, -0.15) is 0 Å². The molecule has 7 heteroatoms. The molecule has 0 aliphatic heterocycles. The minimum atomic E-state index is -3.78. The normalized spacial score (nSPS) is 11.2. The van der Waals surface area contributed by atoms with Crippen LogP contribution < -0.4 is 4.72 Å². The zero-order valence-electron chi connectivity index (χ0n) is 14.2. The lowest BCUT2D eigenvalue weighted by Crippen LogP contribution is -2.24. The molecular weight excluding hydrogens is 360 g/mol. The van der Waals surface area contributed by atoms with E-state index in [1.807, 2.05) is 0 Å². The number of alkyl halides is 1. The lowest BCUT2D eigenvalue weighted by molar-refractivity contribution is 0.0828. The van der Waals surface area contributed by atoms with Gasteiger partial charge in [-0.15, -0.1) is 11.6 Å². The molecule has 134 valence electrons. The molecule has 5 nitrogen and oxygen atoms in total. The number of halogens is 1. The molecule has 0 fully saturated rings. The Morgan fingerprint density at radius 2 is 1.72 bits per heavy atom. The zero-order chi connectivity index (χ0) is 18.4. The zero-order valence-corrected chi connectivity index (χ0v) is 15.8. The van der Waals surface area contributed by atoms with Crippen LogP contribution in [0.2, 0.25) is 0 Å². The molecule has 0 bridgehead atoms. The van der Waals surface area contributed by atoms with Crippen LogP contribution >= 0.6 is 11.6 Å². The second-order valence-corrected chi connectivity index (χ2v) is 7.85. The van der Waals surface area contributed by atoms with Crippen LogP contribution in [0.4, 0.5) is 5.69 Å². The van der Waals surface area contributed by atoms with Crippen molar-refractivity contribution in [3.05, 3.63) is 59.7 Å². The summed E-state index contributed by atoms with van der Waals surface area (Å²) in [6.07, 6.45) is 1.64. The molecule has 0 saturated heterocycles. The highest BCUT2D eigenvalue weighted by atomic mass is 35.5. The summed E-state index contributed by atoms with van der Waals surface area (Å²) >= 11 is 5.67. The average molecular weight is 381 g/mol. The third-order valence-electron chi connectivity index (χ3n) is 3.64. The highest BCUT2D eigenvalue weighted by molar-refractivity contribution is 7.92. The first-order valence-corrected chi connectivity index (χ1v) is 9.85. The fraction of sp³-hybridized carbons (Fsp3) is 0.278. The molecule has 0 unspecified atom stereocenters. The number of amides is 1. The van der Waals surface area contributed by atoms with Gasteiger partial charge >= 0.3 is 0 Å². The van der Waals surface area contributed by atoms with Gasteiger partial charge in [0.15, 0.2) is 0 Å². The van der Waals surface area contributed by atoms with Crippen LogP contribution in [0.1, 0.15) is 22.3 Å². The van der Waals surface area contributed by atoms with Crippen molar-refractivity contribution in [2.45, 2.75) is 17.7 Å². The van der Waals surface area contributed by atoms with Crippen molar-refractivity contribution in [3.8, 4) is 0 Å². The van der Waals surface area contributed by atoms with Crippen LogP contribution in [0.5, 0.6) is 0 Å². The van der Waals surface area contributed by atoms with Gasteiger partial charge in [-0.25, -0.2) is 8.42 Å². The number of benzene rings is 2. The molecule has 1 amide bonds. The van der Waals surface area contributed by atoms with E-state index in [1.165, 1.54) is 4.90 Å². The van der Waals surface area contributed by atoms with Crippen LogP contribution in [0.3, 0.4) is 0 Å². The van der Waals surface area contributed by atoms with E-state index >= 15 is 0 Å². The minimum Gasteiger partial charge on any atom is -0.345 e. The molecule has 0 saturated carbocycles. The van der Waals surface area contributed by atoms with Crippen molar-refractivity contribution >= 4 is 33.2 Å². The maximum absolute atomic E-state index is 12.6. The summed E-state index contributed by atoms with van der Waals surface area (Å²) in [5, 5.41) is 0. The molecule has 0 spiro atoms. The van der Waals surface area contributed by atoms with Crippen LogP contribution in [0, 0.1) is 0 Å². The standard InChI is InChI=1S/C18H21ClN2O3S/c1-21(2)18(22)16-7-3-4-8-17(16)20-25(23,24)15-11-9-14(10-12-15)6-5-13-19/h3-4,7-12,20H,5-6,13H2,1-2H3. The van der Waals surface area contributed by atoms with Gasteiger partial charge < -0.3 is 4.90 Å². The molecule has 0 aliphatic rings. The SMILES string of the molecule is CN(C)C(=O)c1ccccc1NS(=O)(=O)c1ccc(CCCCl)cc1. The molecule has 0 aliphatic carbocycles. The number of anilines is 1. The van der Waals surface area contributed by atoms with E-state index in [9.17, 15) is 13.2 Å². The number of carbonyl (C=O) groups excluding carboxylic acids is 1. The quantitative estimate of drug-likeness (QED) is 0.749. The second-order valence-electron chi connectivity index (χ2n) is 5.79. The third-order valence-corrected chi connectivity index (χ3v) is 5.29. The Morgan fingerprint density at radius 3 is 2.32 bits per heavy atom. The van der Waals surface area contributed by atoms with Crippen molar-refractivity contribution in [3.63, 3.8) is 0 Å². The lowest BCUT2D eigenvalue weighted by Gasteiger charge is -2.15. The largest absolute Gasteiger partial charge is 0.345 e. The Kier molecular flexibility index (Phi) is 6.45. The van der Waals surface area contributed by atoms with Crippen LogP contribution in [-0.4, -0.2) is 39.2 Å². The predicted octanol–water partition coefficient (Wildman–Crippen LogP) is 3.36. The Labute approximate surface area is 153 Å². The van der Waals surface area contributed by atoms with E-state index in [0.29, 0.717) is 11.4 Å². The molecule has 0 atom stereocenters. The summed E-state index contributed by atoms with van der Waals surface area (Å²) in [7, 11) is -0.543. The first-order valence-electron chi connectivity index (χ1n) is 7.83. The van der Waals surface area contributed by atoms with Gasteiger partial charge in [-0.1, -0.05) is 24.3 Å². The van der Waals surface area contributed by atoms with E-state index in [-0.39, 0.29) is 16.5 Å². The molecule has 0 radical (unpaired) electrons. The molecule has 2 aromatic rings. The fourth-order valence-electron chi connectivity index (χ4n) is 2.31. The number of hydrogen-bond acceptors (Lipinski definition) is 3. The minimum absolute atomic E-state index is 0.147. The molecule has 0 aromatic heterocycles. The summed E-state index contributed by atoms with van der Waals surface area (Å²) < 4.78 is 27.7. The number of nitrogens with zero attached hydrogens (tertiary/aromatic N) is 1. The Morgan fingerprint density at radius 1 is 1.08 bits per heavy atom. The number of sulfonamides is 1. The fourth-order valence-corrected chi connectivity index (χ4v) is 3.52. The summed E-state index contributed by atoms with van der Waals surface area (Å²) in [5.41, 5.74) is 1.59. The number of para-hydroxylation sites is 1. The lowest BCUT2D eigenvalue weighted by atomic mass is 10.1. The summed E-state index contributed by atoms with van der Waals surface area (Å²) in [5.74, 6) is 0.299. The van der Waals surface area contributed by atoms with Gasteiger partial charge in [0.1, 0.15) is 0 Å². The first-order chi connectivity index (χ1) is 11.8. The second kappa shape index (κ2) is 8.36. The van der Waals surface area contributed by atoms with Gasteiger partial charge in [-0.3, -0.25) is 9.52 Å². The first kappa shape index (κ1) is 19.3. The topological polar surface area (TPSA) is 66.5 Å². The monoisotopic (exact) mass is 380 g/mol. The highest BCUT2D eigenvalue weighted by Gasteiger charge is 2.19. The highest BCUT2D eigenvalue weighted by Crippen LogP contribution is 2.21. The van der Waals surface area contributed by atoms with Crippen LogP contribution in [0.25, 0.3) is 0 Å². The van der Waals surface area contributed by atoms with E-state index in [2.05, 4.69) is 4.72 Å². The van der Waals surface area contributed by atoms with Gasteiger partial charge in [-0.05, 0) is 42.7 Å². The smallest absolute Gasteiger partial charge is 0.261 e. The van der Waals surface area contributed by atoms with Gasteiger partial charge in [0.2, 0.25) is 0 Å². The molecule has 2 aromatic carbocycles. The maximum atomic E-state index is 12.6. The number of nitrogens with one attached hydrogen (secondary N) is 1. The van der Waals surface area contributed by atoms with Crippen molar-refractivity contribution in [1.29, 1.82) is 0 Å². The van der Waals surface area contributed by atoms with Crippen molar-refractivity contribution in [1.82, 2.24) is 4.90 Å². The predicted molar refractivity (Wildman–Crippen MR) is 101 cm³/mol. The van der Waals surface area contributed by atoms with Crippen molar-refractivity contribution in [2.24, 2.45) is 0 Å². The van der Waals surface area contributed by atoms with E-state index in [4.69, 9.17) is 11.6 Å². The maximum Gasteiger partial charge on any atom is 0.261 e. The third kappa shape index (κ3) is 4.96. The summed E-state index contributed by atoms with van der Waals surface area (Å²) in [6.45, 7) is 0. The van der Waals surface area contributed by atoms with Crippen LogP contribution in [-0.2, 0) is 16.4 Å². The summed E-state index contributed by atoms with van der Waals surface area (Å²) in [6, 6.07) is 13.2. The average Bonchev–Trinajstić information content (AvgIpc) is 2.59. The van der Waals surface area contributed by atoms with E-state index in [0.717, 1.165) is 18.4 Å². The molecule has 1 N–H and O–H groups in total. The molecule has 2 rings (SSSR count). The molecule has 25 heavy (non-hydrogen) atoms. The van der Waals surface area contributed by atoms with Crippen molar-refractivity contribution < 1.29 is 13.2 Å². The molecular formula is C18H21ClN2O3S. The Balaban J connectivity index is 2.26. The number of aryl methyl sites for hydroxylation is 1. The molecule has 0 heterocycles. The summed E-state index contributed by atoms with van der Waals surface area (Å²) in [4.78, 5) is 13.8. The van der Waals surface area contributed by atoms with Gasteiger partial charge in [0.25, 0.3) is 15.9 Å². The van der Waals surface area contributed by atoms with Crippen molar-refractivity contribution in [2.75, 3.05) is 24.7 Å². The number of rotatable bonds is 7.